The van der Waals surface area contributed by atoms with E-state index in [0.29, 0.717) is 12.1 Å². The van der Waals surface area contributed by atoms with Gasteiger partial charge in [0.1, 0.15) is 0 Å². The zero-order chi connectivity index (χ0) is 22.7. The lowest BCUT2D eigenvalue weighted by atomic mass is 9.74. The van der Waals surface area contributed by atoms with Crippen LogP contribution in [0.25, 0.3) is 0 Å². The molecule has 1 aliphatic heterocycles. The topological polar surface area (TPSA) is 47.3 Å². The highest BCUT2D eigenvalue weighted by molar-refractivity contribution is 5.85. The SMILES string of the molecule is Cl.NCC(OCC1(c2ccccc2)CCNCC1)c1cc(C(F)(F)F)cc(C(F)(F)F)c1. The maximum atomic E-state index is 13.2. The van der Waals surface area contributed by atoms with Crippen LogP contribution < -0.4 is 11.1 Å². The Morgan fingerprint density at radius 2 is 1.44 bits per heavy atom. The summed E-state index contributed by atoms with van der Waals surface area (Å²) < 4.78 is 85.2. The second-order valence-electron chi connectivity index (χ2n) is 7.77. The zero-order valence-electron chi connectivity index (χ0n) is 17.1. The average Bonchev–Trinajstić information content (AvgIpc) is 2.74. The van der Waals surface area contributed by atoms with Crippen LogP contribution in [0, 0.1) is 0 Å². The van der Waals surface area contributed by atoms with Crippen molar-refractivity contribution in [1.29, 1.82) is 0 Å². The Hall–Kier alpha value is -1.81. The molecular weight excluding hydrogens is 458 g/mol. The quantitative estimate of drug-likeness (QED) is 0.536. The van der Waals surface area contributed by atoms with Gasteiger partial charge < -0.3 is 15.8 Å². The van der Waals surface area contributed by atoms with Crippen molar-refractivity contribution < 1.29 is 31.1 Å². The Morgan fingerprint density at radius 1 is 0.906 bits per heavy atom. The van der Waals surface area contributed by atoms with Crippen LogP contribution in [0.15, 0.2) is 48.5 Å². The van der Waals surface area contributed by atoms with Gasteiger partial charge in [-0.1, -0.05) is 30.3 Å². The molecule has 2 aromatic rings. The largest absolute Gasteiger partial charge is 0.416 e. The molecule has 1 saturated heterocycles. The standard InChI is InChI=1S/C22H24F6N2O.ClH/c23-21(24,25)17-10-15(11-18(12-17)22(26,27)28)19(13-29)31-14-20(6-8-30-9-7-20)16-4-2-1-3-5-16;/h1-5,10-12,19,30H,6-9,13-14,29H2;1H. The molecule has 0 bridgehead atoms. The monoisotopic (exact) mass is 482 g/mol. The first-order valence-corrected chi connectivity index (χ1v) is 9.92. The van der Waals surface area contributed by atoms with Gasteiger partial charge in [-0.05, 0) is 55.3 Å². The van der Waals surface area contributed by atoms with E-state index in [1.54, 1.807) is 0 Å². The fourth-order valence-electron chi connectivity index (χ4n) is 3.94. The molecule has 178 valence electrons. The molecule has 0 aromatic heterocycles. The molecule has 3 nitrogen and oxygen atoms in total. The highest BCUT2D eigenvalue weighted by Gasteiger charge is 2.39. The van der Waals surface area contributed by atoms with Gasteiger partial charge in [0.2, 0.25) is 0 Å². The average molecular weight is 483 g/mol. The molecule has 2 aromatic carbocycles. The summed E-state index contributed by atoms with van der Waals surface area (Å²) >= 11 is 0. The Labute approximate surface area is 188 Å². The number of benzene rings is 2. The maximum absolute atomic E-state index is 13.2. The molecule has 1 aliphatic rings. The molecular formula is C22H25ClF6N2O. The number of rotatable bonds is 6. The molecule has 0 spiro atoms. The van der Waals surface area contributed by atoms with Crippen molar-refractivity contribution in [1.82, 2.24) is 5.32 Å². The summed E-state index contributed by atoms with van der Waals surface area (Å²) in [5.74, 6) is 0. The third-order valence-electron chi connectivity index (χ3n) is 5.70. The van der Waals surface area contributed by atoms with Crippen LogP contribution in [0.5, 0.6) is 0 Å². The van der Waals surface area contributed by atoms with Crippen LogP contribution in [-0.2, 0) is 22.5 Å². The lowest BCUT2D eigenvalue weighted by Crippen LogP contribution is -2.43. The van der Waals surface area contributed by atoms with Crippen molar-refractivity contribution in [2.24, 2.45) is 5.73 Å². The first-order chi connectivity index (χ1) is 14.5. The third-order valence-corrected chi connectivity index (χ3v) is 5.70. The summed E-state index contributed by atoms with van der Waals surface area (Å²) in [6.45, 7) is 1.35. The molecule has 1 atom stereocenters. The van der Waals surface area contributed by atoms with Crippen LogP contribution >= 0.6 is 12.4 Å². The number of hydrogen-bond acceptors (Lipinski definition) is 3. The van der Waals surface area contributed by atoms with Crippen molar-refractivity contribution >= 4 is 12.4 Å². The van der Waals surface area contributed by atoms with Crippen LogP contribution in [0.2, 0.25) is 0 Å². The Bertz CT molecular complexity index is 835. The molecule has 0 amide bonds. The number of nitrogens with two attached hydrogens (primary N) is 1. The summed E-state index contributed by atoms with van der Waals surface area (Å²) in [4.78, 5) is 0. The summed E-state index contributed by atoms with van der Waals surface area (Å²) in [5.41, 5.74) is 3.36. The molecule has 32 heavy (non-hydrogen) atoms. The minimum absolute atomic E-state index is 0. The molecule has 0 radical (unpaired) electrons. The van der Waals surface area contributed by atoms with Crippen molar-refractivity contribution in [3.8, 4) is 0 Å². The summed E-state index contributed by atoms with van der Waals surface area (Å²) in [6.07, 6.45) is -9.49. The fourth-order valence-corrected chi connectivity index (χ4v) is 3.94. The normalized spacial score (nSPS) is 17.5. The van der Waals surface area contributed by atoms with Crippen LogP contribution in [-0.4, -0.2) is 26.2 Å². The Balaban J connectivity index is 0.00000363. The van der Waals surface area contributed by atoms with E-state index < -0.39 is 35.0 Å². The number of halogens is 7. The van der Waals surface area contributed by atoms with E-state index in [4.69, 9.17) is 10.5 Å². The van der Waals surface area contributed by atoms with Crippen molar-refractivity contribution in [2.75, 3.05) is 26.2 Å². The summed E-state index contributed by atoms with van der Waals surface area (Å²) in [7, 11) is 0. The van der Waals surface area contributed by atoms with Crippen LogP contribution in [0.4, 0.5) is 26.3 Å². The van der Waals surface area contributed by atoms with Gasteiger partial charge in [0, 0.05) is 12.0 Å². The predicted molar refractivity (Wildman–Crippen MR) is 112 cm³/mol. The summed E-state index contributed by atoms with van der Waals surface area (Å²) in [6, 6.07) is 11.0. The van der Waals surface area contributed by atoms with E-state index >= 15 is 0 Å². The van der Waals surface area contributed by atoms with Gasteiger partial charge in [0.25, 0.3) is 0 Å². The first kappa shape index (κ1) is 26.4. The smallest absolute Gasteiger partial charge is 0.371 e. The van der Waals surface area contributed by atoms with E-state index in [0.717, 1.165) is 31.5 Å². The molecule has 3 N–H and O–H groups in total. The van der Waals surface area contributed by atoms with E-state index in [-0.39, 0.29) is 37.2 Å². The zero-order valence-corrected chi connectivity index (χ0v) is 17.9. The highest BCUT2D eigenvalue weighted by atomic mass is 35.5. The predicted octanol–water partition coefficient (Wildman–Crippen LogP) is 5.48. The minimum atomic E-state index is -4.92. The minimum Gasteiger partial charge on any atom is -0.371 e. The van der Waals surface area contributed by atoms with E-state index in [2.05, 4.69) is 5.32 Å². The number of ether oxygens (including phenoxy) is 1. The molecule has 1 heterocycles. The lowest BCUT2D eigenvalue weighted by Gasteiger charge is -2.39. The molecule has 1 unspecified atom stereocenters. The van der Waals surface area contributed by atoms with Gasteiger partial charge in [-0.15, -0.1) is 12.4 Å². The number of nitrogens with one attached hydrogen (secondary N) is 1. The molecule has 0 aliphatic carbocycles. The molecule has 10 heteroatoms. The molecule has 0 saturated carbocycles. The van der Waals surface area contributed by atoms with Crippen molar-refractivity contribution in [3.05, 3.63) is 70.8 Å². The lowest BCUT2D eigenvalue weighted by molar-refractivity contribution is -0.143. The van der Waals surface area contributed by atoms with E-state index in [1.165, 1.54) is 0 Å². The van der Waals surface area contributed by atoms with Gasteiger partial charge in [-0.3, -0.25) is 0 Å². The summed E-state index contributed by atoms with van der Waals surface area (Å²) in [5, 5.41) is 3.26. The third kappa shape index (κ3) is 6.15. The van der Waals surface area contributed by atoms with Gasteiger partial charge in [0.15, 0.2) is 0 Å². The molecule has 3 rings (SSSR count). The highest BCUT2D eigenvalue weighted by Crippen LogP contribution is 2.39. The van der Waals surface area contributed by atoms with Gasteiger partial charge in [0.05, 0.1) is 23.8 Å². The Kier molecular flexibility index (Phi) is 8.61. The van der Waals surface area contributed by atoms with Crippen LogP contribution in [0.1, 0.15) is 41.2 Å². The number of piperidine rings is 1. The van der Waals surface area contributed by atoms with E-state index in [1.807, 2.05) is 30.3 Å². The van der Waals surface area contributed by atoms with Gasteiger partial charge >= 0.3 is 12.4 Å². The molecule has 1 fully saturated rings. The Morgan fingerprint density at radius 3 is 1.91 bits per heavy atom. The van der Waals surface area contributed by atoms with E-state index in [9.17, 15) is 26.3 Å². The van der Waals surface area contributed by atoms with Crippen LogP contribution in [0.3, 0.4) is 0 Å². The first-order valence-electron chi connectivity index (χ1n) is 9.92. The maximum Gasteiger partial charge on any atom is 0.416 e. The van der Waals surface area contributed by atoms with Crippen molar-refractivity contribution in [3.63, 3.8) is 0 Å². The van der Waals surface area contributed by atoms with Gasteiger partial charge in [-0.25, -0.2) is 0 Å². The number of hydrogen-bond donors (Lipinski definition) is 2. The van der Waals surface area contributed by atoms with Crippen molar-refractivity contribution in [2.45, 2.75) is 36.7 Å². The number of alkyl halides is 6. The second kappa shape index (κ2) is 10.4. The fraction of sp³-hybridized carbons (Fsp3) is 0.455. The van der Waals surface area contributed by atoms with Gasteiger partial charge in [-0.2, -0.15) is 26.3 Å². The second-order valence-corrected chi connectivity index (χ2v) is 7.77.